The van der Waals surface area contributed by atoms with Gasteiger partial charge in [-0.15, -0.1) is 11.3 Å². The molecule has 0 aliphatic heterocycles. The fourth-order valence-electron chi connectivity index (χ4n) is 2.71. The van der Waals surface area contributed by atoms with Crippen LogP contribution in [0.1, 0.15) is 20.0 Å². The molecule has 4 rings (SSSR count). The van der Waals surface area contributed by atoms with Gasteiger partial charge in [0.25, 0.3) is 5.91 Å². The van der Waals surface area contributed by atoms with E-state index in [0.29, 0.717) is 26.9 Å². The summed E-state index contributed by atoms with van der Waals surface area (Å²) in [5.74, 6) is 0.694. The lowest BCUT2D eigenvalue weighted by Gasteiger charge is -2.07. The minimum atomic E-state index is -0.485. The van der Waals surface area contributed by atoms with Crippen LogP contribution in [0.2, 0.25) is 0 Å². The first kappa shape index (κ1) is 19.4. The van der Waals surface area contributed by atoms with Gasteiger partial charge in [-0.1, -0.05) is 30.3 Å². The Bertz CT molecular complexity index is 1170. The monoisotopic (exact) mass is 415 g/mol. The molecule has 0 aliphatic carbocycles. The standard InChI is InChI=1S/C23H17N3O3S/c24-21(27)15-6-8-16(9-7-15)23-25-14-20(30-23)22(28)26-17-10-12-19(13-11-17)29-18-4-2-1-3-5-18/h1-14H,(H2,24,27)(H,26,28). The highest BCUT2D eigenvalue weighted by Crippen LogP contribution is 2.27. The Labute approximate surface area is 177 Å². The SMILES string of the molecule is NC(=O)c1ccc(-c2ncc(C(=O)Nc3ccc(Oc4ccccc4)cc3)s2)cc1. The van der Waals surface area contributed by atoms with E-state index in [-0.39, 0.29) is 5.91 Å². The van der Waals surface area contributed by atoms with Crippen LogP contribution >= 0.6 is 11.3 Å². The lowest BCUT2D eigenvalue weighted by atomic mass is 10.1. The smallest absolute Gasteiger partial charge is 0.267 e. The van der Waals surface area contributed by atoms with Crippen molar-refractivity contribution in [2.45, 2.75) is 0 Å². The second-order valence-corrected chi connectivity index (χ2v) is 7.40. The first-order valence-electron chi connectivity index (χ1n) is 9.09. The normalized spacial score (nSPS) is 10.4. The highest BCUT2D eigenvalue weighted by molar-refractivity contribution is 7.17. The van der Waals surface area contributed by atoms with Crippen molar-refractivity contribution >= 4 is 28.8 Å². The summed E-state index contributed by atoms with van der Waals surface area (Å²) in [5.41, 5.74) is 7.14. The number of nitrogens with zero attached hydrogens (tertiary/aromatic N) is 1. The van der Waals surface area contributed by atoms with Gasteiger partial charge in [0.1, 0.15) is 21.4 Å². The molecule has 0 saturated heterocycles. The van der Waals surface area contributed by atoms with Gasteiger partial charge in [0.15, 0.2) is 0 Å². The van der Waals surface area contributed by atoms with Gasteiger partial charge in [0.05, 0.1) is 6.20 Å². The van der Waals surface area contributed by atoms with Crippen LogP contribution in [0.25, 0.3) is 10.6 Å². The summed E-state index contributed by atoms with van der Waals surface area (Å²) in [7, 11) is 0. The summed E-state index contributed by atoms with van der Waals surface area (Å²) in [6, 6.07) is 23.4. The summed E-state index contributed by atoms with van der Waals surface area (Å²) >= 11 is 1.27. The van der Waals surface area contributed by atoms with Crippen LogP contribution in [0.4, 0.5) is 5.69 Å². The fourth-order valence-corrected chi connectivity index (χ4v) is 3.53. The number of amides is 2. The molecule has 0 aliphatic rings. The third-order valence-corrected chi connectivity index (χ3v) is 5.28. The number of carbonyl (C=O) groups excluding carboxylic acids is 2. The summed E-state index contributed by atoms with van der Waals surface area (Å²) in [4.78, 5) is 28.5. The number of benzene rings is 3. The van der Waals surface area contributed by atoms with Crippen molar-refractivity contribution in [3.63, 3.8) is 0 Å². The maximum atomic E-state index is 12.5. The van der Waals surface area contributed by atoms with E-state index in [1.54, 1.807) is 48.5 Å². The maximum absolute atomic E-state index is 12.5. The zero-order valence-electron chi connectivity index (χ0n) is 15.7. The average Bonchev–Trinajstić information content (AvgIpc) is 3.26. The van der Waals surface area contributed by atoms with Crippen LogP contribution in [-0.4, -0.2) is 16.8 Å². The number of hydrogen-bond donors (Lipinski definition) is 2. The third kappa shape index (κ3) is 4.53. The number of para-hydroxylation sites is 1. The van der Waals surface area contributed by atoms with E-state index in [1.807, 2.05) is 30.3 Å². The molecule has 0 unspecified atom stereocenters. The molecule has 148 valence electrons. The Kier molecular flexibility index (Phi) is 5.54. The van der Waals surface area contributed by atoms with E-state index in [9.17, 15) is 9.59 Å². The first-order valence-corrected chi connectivity index (χ1v) is 9.90. The van der Waals surface area contributed by atoms with Crippen molar-refractivity contribution in [1.82, 2.24) is 4.98 Å². The number of thiazole rings is 1. The number of nitrogens with one attached hydrogen (secondary N) is 1. The Balaban J connectivity index is 1.41. The van der Waals surface area contributed by atoms with Gasteiger partial charge >= 0.3 is 0 Å². The van der Waals surface area contributed by atoms with Crippen LogP contribution in [0.5, 0.6) is 11.5 Å². The van der Waals surface area contributed by atoms with Gasteiger partial charge in [-0.25, -0.2) is 4.98 Å². The maximum Gasteiger partial charge on any atom is 0.267 e. The molecule has 7 heteroatoms. The zero-order valence-corrected chi connectivity index (χ0v) is 16.6. The number of anilines is 1. The van der Waals surface area contributed by atoms with Crippen LogP contribution in [0.3, 0.4) is 0 Å². The Morgan fingerprint density at radius 1 is 0.867 bits per heavy atom. The molecular formula is C23H17N3O3S. The van der Waals surface area contributed by atoms with E-state index < -0.39 is 5.91 Å². The molecule has 1 aromatic heterocycles. The summed E-state index contributed by atoms with van der Waals surface area (Å²) in [6.07, 6.45) is 1.53. The lowest BCUT2D eigenvalue weighted by Crippen LogP contribution is -2.10. The number of hydrogen-bond acceptors (Lipinski definition) is 5. The Hall–Kier alpha value is -3.97. The molecule has 2 amide bonds. The highest BCUT2D eigenvalue weighted by Gasteiger charge is 2.13. The van der Waals surface area contributed by atoms with Crippen LogP contribution in [0, 0.1) is 0 Å². The molecule has 1 heterocycles. The van der Waals surface area contributed by atoms with Crippen molar-refractivity contribution in [3.8, 4) is 22.1 Å². The molecule has 0 spiro atoms. The van der Waals surface area contributed by atoms with E-state index in [4.69, 9.17) is 10.5 Å². The molecule has 3 aromatic carbocycles. The van der Waals surface area contributed by atoms with Crippen LogP contribution in [-0.2, 0) is 0 Å². The topological polar surface area (TPSA) is 94.3 Å². The summed E-state index contributed by atoms with van der Waals surface area (Å²) in [6.45, 7) is 0. The third-order valence-electron chi connectivity index (χ3n) is 4.24. The van der Waals surface area contributed by atoms with Gasteiger partial charge in [-0.3, -0.25) is 9.59 Å². The summed E-state index contributed by atoms with van der Waals surface area (Å²) < 4.78 is 5.75. The van der Waals surface area contributed by atoms with Crippen molar-refractivity contribution in [1.29, 1.82) is 0 Å². The minimum absolute atomic E-state index is 0.246. The molecule has 0 fully saturated rings. The molecule has 0 atom stereocenters. The number of primary amides is 1. The molecular weight excluding hydrogens is 398 g/mol. The fraction of sp³-hybridized carbons (Fsp3) is 0. The van der Waals surface area contributed by atoms with E-state index in [1.165, 1.54) is 17.5 Å². The van der Waals surface area contributed by atoms with Gasteiger partial charge in [-0.2, -0.15) is 0 Å². The highest BCUT2D eigenvalue weighted by atomic mass is 32.1. The molecule has 3 N–H and O–H groups in total. The first-order chi connectivity index (χ1) is 14.6. The average molecular weight is 415 g/mol. The Morgan fingerprint density at radius 3 is 2.20 bits per heavy atom. The van der Waals surface area contributed by atoms with E-state index >= 15 is 0 Å². The predicted octanol–water partition coefficient (Wildman–Crippen LogP) is 4.95. The quantitative estimate of drug-likeness (QED) is 0.466. The van der Waals surface area contributed by atoms with Gasteiger partial charge in [0, 0.05) is 16.8 Å². The molecule has 0 saturated carbocycles. The zero-order chi connectivity index (χ0) is 20.9. The van der Waals surface area contributed by atoms with Crippen molar-refractivity contribution in [2.24, 2.45) is 5.73 Å². The van der Waals surface area contributed by atoms with Crippen LogP contribution < -0.4 is 15.8 Å². The predicted molar refractivity (Wildman–Crippen MR) is 117 cm³/mol. The number of carbonyl (C=O) groups is 2. The lowest BCUT2D eigenvalue weighted by molar-refractivity contribution is 0.0998. The van der Waals surface area contributed by atoms with Gasteiger partial charge in [-0.05, 0) is 48.5 Å². The molecule has 6 nitrogen and oxygen atoms in total. The molecule has 0 bridgehead atoms. The number of rotatable bonds is 6. The molecule has 4 aromatic rings. The van der Waals surface area contributed by atoms with E-state index in [0.717, 1.165) is 11.3 Å². The summed E-state index contributed by atoms with van der Waals surface area (Å²) in [5, 5.41) is 3.54. The van der Waals surface area contributed by atoms with E-state index in [2.05, 4.69) is 10.3 Å². The number of aromatic nitrogens is 1. The number of ether oxygens (including phenoxy) is 1. The van der Waals surface area contributed by atoms with Gasteiger partial charge in [0.2, 0.25) is 5.91 Å². The van der Waals surface area contributed by atoms with Crippen molar-refractivity contribution in [3.05, 3.63) is 95.5 Å². The molecule has 0 radical (unpaired) electrons. The van der Waals surface area contributed by atoms with Gasteiger partial charge < -0.3 is 15.8 Å². The van der Waals surface area contributed by atoms with Crippen molar-refractivity contribution in [2.75, 3.05) is 5.32 Å². The molecule has 30 heavy (non-hydrogen) atoms. The number of nitrogens with two attached hydrogens (primary N) is 1. The second kappa shape index (κ2) is 8.59. The largest absolute Gasteiger partial charge is 0.457 e. The Morgan fingerprint density at radius 2 is 1.53 bits per heavy atom. The van der Waals surface area contributed by atoms with Crippen molar-refractivity contribution < 1.29 is 14.3 Å². The minimum Gasteiger partial charge on any atom is -0.457 e. The second-order valence-electron chi connectivity index (χ2n) is 6.36. The van der Waals surface area contributed by atoms with Crippen LogP contribution in [0.15, 0.2) is 85.1 Å².